The highest BCUT2D eigenvalue weighted by Crippen LogP contribution is 2.39. The van der Waals surface area contributed by atoms with Crippen LogP contribution in [0.15, 0.2) is 63.5 Å². The lowest BCUT2D eigenvalue weighted by atomic mass is 9.96. The number of hydrogen-bond donors (Lipinski definition) is 0. The zero-order valence-corrected chi connectivity index (χ0v) is 14.6. The Labute approximate surface area is 140 Å². The first-order valence-electron chi connectivity index (χ1n) is 6.85. The van der Waals surface area contributed by atoms with Gasteiger partial charge in [-0.3, -0.25) is 0 Å². The largest absolute Gasteiger partial charge is 0.0616 e. The number of benzene rings is 4. The van der Waals surface area contributed by atoms with Gasteiger partial charge in [-0.2, -0.15) is 0 Å². The number of halogens is 2. The first-order valence-corrected chi connectivity index (χ1v) is 8.43. The smallest absolute Gasteiger partial charge is 0.0260 e. The summed E-state index contributed by atoms with van der Waals surface area (Å²) in [6.07, 6.45) is 0. The first kappa shape index (κ1) is 13.3. The summed E-state index contributed by atoms with van der Waals surface area (Å²) in [5.74, 6) is 0. The fourth-order valence-electron chi connectivity index (χ4n) is 3.03. The zero-order valence-electron chi connectivity index (χ0n) is 11.5. The van der Waals surface area contributed by atoms with E-state index in [1.54, 1.807) is 0 Å². The van der Waals surface area contributed by atoms with Gasteiger partial charge in [0.05, 0.1) is 0 Å². The summed E-state index contributed by atoms with van der Waals surface area (Å²) in [5, 5.41) is 7.68. The normalized spacial score (nSPS) is 11.6. The van der Waals surface area contributed by atoms with Crippen molar-refractivity contribution >= 4 is 64.2 Å². The second-order valence-corrected chi connectivity index (χ2v) is 7.12. The van der Waals surface area contributed by atoms with Crippen molar-refractivity contribution < 1.29 is 0 Å². The number of hydrogen-bond acceptors (Lipinski definition) is 0. The topological polar surface area (TPSA) is 0 Å². The van der Waals surface area contributed by atoms with Gasteiger partial charge in [0.2, 0.25) is 0 Å². The van der Waals surface area contributed by atoms with Gasteiger partial charge < -0.3 is 0 Å². The van der Waals surface area contributed by atoms with Crippen LogP contribution in [0.5, 0.6) is 0 Å². The molecule has 0 N–H and O–H groups in total. The summed E-state index contributed by atoms with van der Waals surface area (Å²) in [5.41, 5.74) is 1.28. The molecule has 0 radical (unpaired) electrons. The summed E-state index contributed by atoms with van der Waals surface area (Å²) in [7, 11) is 0. The third-order valence-corrected chi connectivity index (χ3v) is 5.34. The van der Waals surface area contributed by atoms with Crippen molar-refractivity contribution in [2.24, 2.45) is 0 Å². The highest BCUT2D eigenvalue weighted by Gasteiger charge is 2.10. The van der Waals surface area contributed by atoms with Crippen molar-refractivity contribution in [3.63, 3.8) is 0 Å². The Morgan fingerprint density at radius 2 is 1.10 bits per heavy atom. The lowest BCUT2D eigenvalue weighted by Crippen LogP contribution is -1.84. The van der Waals surface area contributed by atoms with E-state index in [0.717, 1.165) is 8.95 Å². The van der Waals surface area contributed by atoms with Gasteiger partial charge in [-0.25, -0.2) is 0 Å². The van der Waals surface area contributed by atoms with Crippen LogP contribution < -0.4 is 0 Å². The summed E-state index contributed by atoms with van der Waals surface area (Å²) < 4.78 is 2.30. The monoisotopic (exact) mass is 398 g/mol. The quantitative estimate of drug-likeness (QED) is 0.280. The fourth-order valence-corrected chi connectivity index (χ4v) is 4.17. The van der Waals surface area contributed by atoms with Crippen LogP contribution in [0.4, 0.5) is 0 Å². The highest BCUT2D eigenvalue weighted by molar-refractivity contribution is 9.11. The molecule has 0 fully saturated rings. The van der Waals surface area contributed by atoms with E-state index in [4.69, 9.17) is 0 Å². The van der Waals surface area contributed by atoms with Crippen molar-refractivity contribution in [1.29, 1.82) is 0 Å². The molecule has 0 aliphatic rings. The Morgan fingerprint density at radius 3 is 1.81 bits per heavy atom. The minimum absolute atomic E-state index is 1.15. The molecule has 4 rings (SSSR count). The minimum Gasteiger partial charge on any atom is -0.0616 e. The molecule has 0 nitrogen and oxygen atoms in total. The van der Waals surface area contributed by atoms with Gasteiger partial charge in [-0.05, 0) is 51.4 Å². The van der Waals surface area contributed by atoms with E-state index >= 15 is 0 Å². The molecule has 0 amide bonds. The molecule has 0 bridgehead atoms. The third-order valence-electron chi connectivity index (χ3n) is 4.03. The van der Waals surface area contributed by atoms with Gasteiger partial charge in [0.15, 0.2) is 0 Å². The lowest BCUT2D eigenvalue weighted by Gasteiger charge is -2.11. The Bertz CT molecular complexity index is 1020. The van der Waals surface area contributed by atoms with Crippen molar-refractivity contribution in [3.05, 3.63) is 69.1 Å². The Morgan fingerprint density at radius 1 is 0.571 bits per heavy atom. The summed E-state index contributed by atoms with van der Waals surface area (Å²) in [6, 6.07) is 19.6. The van der Waals surface area contributed by atoms with Gasteiger partial charge in [0.1, 0.15) is 0 Å². The molecule has 0 aliphatic carbocycles. The average molecular weight is 400 g/mol. The van der Waals surface area contributed by atoms with Gasteiger partial charge >= 0.3 is 0 Å². The van der Waals surface area contributed by atoms with Crippen LogP contribution in [0.25, 0.3) is 32.3 Å². The van der Waals surface area contributed by atoms with Crippen molar-refractivity contribution in [3.8, 4) is 0 Å². The second-order valence-electron chi connectivity index (χ2n) is 5.41. The van der Waals surface area contributed by atoms with E-state index in [9.17, 15) is 0 Å². The van der Waals surface area contributed by atoms with Crippen molar-refractivity contribution in [2.45, 2.75) is 6.92 Å². The molecule has 4 aromatic rings. The summed E-state index contributed by atoms with van der Waals surface area (Å²) >= 11 is 7.46. The molecule has 0 atom stereocenters. The molecular formula is C19H12Br2. The Balaban J connectivity index is 2.35. The van der Waals surface area contributed by atoms with Crippen LogP contribution >= 0.6 is 31.9 Å². The summed E-state index contributed by atoms with van der Waals surface area (Å²) in [6.45, 7) is 2.14. The molecule has 102 valence electrons. The van der Waals surface area contributed by atoms with E-state index in [2.05, 4.69) is 93.4 Å². The van der Waals surface area contributed by atoms with Gasteiger partial charge in [0.25, 0.3) is 0 Å². The van der Waals surface area contributed by atoms with Gasteiger partial charge in [-0.15, -0.1) is 0 Å². The molecular weight excluding hydrogens is 388 g/mol. The van der Waals surface area contributed by atoms with Crippen LogP contribution in [0.3, 0.4) is 0 Å². The van der Waals surface area contributed by atoms with Gasteiger partial charge in [-0.1, -0.05) is 79.9 Å². The molecule has 0 saturated heterocycles. The maximum absolute atomic E-state index is 3.74. The maximum Gasteiger partial charge on any atom is 0.0260 e. The number of aryl methyl sites for hydroxylation is 1. The van der Waals surface area contributed by atoms with Crippen LogP contribution in [-0.2, 0) is 0 Å². The van der Waals surface area contributed by atoms with E-state index in [-0.39, 0.29) is 0 Å². The SMILES string of the molecule is Cc1ccc2c(Br)cc3c4ccccc4c(Br)cc3c2c1. The summed E-state index contributed by atoms with van der Waals surface area (Å²) in [4.78, 5) is 0. The molecule has 0 saturated carbocycles. The molecule has 0 unspecified atom stereocenters. The van der Waals surface area contributed by atoms with Crippen LogP contribution in [0.2, 0.25) is 0 Å². The molecule has 21 heavy (non-hydrogen) atoms. The molecule has 0 aliphatic heterocycles. The van der Waals surface area contributed by atoms with Crippen LogP contribution in [0.1, 0.15) is 5.56 Å². The van der Waals surface area contributed by atoms with E-state index < -0.39 is 0 Å². The van der Waals surface area contributed by atoms with Crippen molar-refractivity contribution in [2.75, 3.05) is 0 Å². The standard InChI is InChI=1S/C19H12Br2/c1-11-6-7-14-15(8-11)17-10-18(20)13-5-3-2-4-12(13)16(17)9-19(14)21/h2-10H,1H3. The predicted octanol–water partition coefficient (Wildman–Crippen LogP) is 6.98. The first-order chi connectivity index (χ1) is 10.1. The van der Waals surface area contributed by atoms with E-state index in [0.29, 0.717) is 0 Å². The molecule has 0 spiro atoms. The average Bonchev–Trinajstić information content (AvgIpc) is 2.49. The highest BCUT2D eigenvalue weighted by atomic mass is 79.9. The maximum atomic E-state index is 3.74. The van der Waals surface area contributed by atoms with Crippen LogP contribution in [-0.4, -0.2) is 0 Å². The third kappa shape index (κ3) is 2.01. The second kappa shape index (κ2) is 4.82. The van der Waals surface area contributed by atoms with E-state index in [1.807, 2.05) is 0 Å². The Hall–Kier alpha value is -1.38. The molecule has 0 heterocycles. The zero-order chi connectivity index (χ0) is 14.6. The lowest BCUT2D eigenvalue weighted by molar-refractivity contribution is 1.51. The minimum atomic E-state index is 1.15. The number of fused-ring (bicyclic) bond motifs is 5. The molecule has 4 aromatic carbocycles. The van der Waals surface area contributed by atoms with Crippen molar-refractivity contribution in [1.82, 2.24) is 0 Å². The molecule has 2 heteroatoms. The predicted molar refractivity (Wildman–Crippen MR) is 99.1 cm³/mol. The van der Waals surface area contributed by atoms with E-state index in [1.165, 1.54) is 37.9 Å². The fraction of sp³-hybridized carbons (Fsp3) is 0.0526. The van der Waals surface area contributed by atoms with Crippen LogP contribution in [0, 0.1) is 6.92 Å². The Kier molecular flexibility index (Phi) is 3.05. The molecule has 0 aromatic heterocycles. The van der Waals surface area contributed by atoms with Gasteiger partial charge in [0, 0.05) is 8.95 Å². The number of rotatable bonds is 0.